The predicted octanol–water partition coefficient (Wildman–Crippen LogP) is 5.14. The van der Waals surface area contributed by atoms with E-state index in [1.165, 1.54) is 20.3 Å². The zero-order valence-corrected chi connectivity index (χ0v) is 22.1. The van der Waals surface area contributed by atoms with E-state index < -0.39 is 20.0 Å². The third kappa shape index (κ3) is 3.72. The number of aromatic nitrogens is 4. The van der Waals surface area contributed by atoms with Crippen LogP contribution in [0.3, 0.4) is 0 Å². The molecule has 0 saturated heterocycles. The highest BCUT2D eigenvalue weighted by Crippen LogP contribution is 2.35. The van der Waals surface area contributed by atoms with Crippen LogP contribution < -0.4 is 0 Å². The fraction of sp³-hybridized carbons (Fsp3) is 0.0714. The van der Waals surface area contributed by atoms with E-state index in [9.17, 15) is 16.8 Å². The molecule has 10 heteroatoms. The molecule has 0 fully saturated rings. The molecule has 4 aromatic heterocycles. The molecule has 4 heterocycles. The van der Waals surface area contributed by atoms with E-state index in [1.54, 1.807) is 85.2 Å². The van der Waals surface area contributed by atoms with Gasteiger partial charge in [0.15, 0.2) is 11.3 Å². The average molecular weight is 543 g/mol. The first-order valence-corrected chi connectivity index (χ1v) is 14.6. The van der Waals surface area contributed by atoms with Crippen LogP contribution >= 0.6 is 0 Å². The van der Waals surface area contributed by atoms with Crippen LogP contribution in [0, 0.1) is 13.8 Å². The Hall–Kier alpha value is -4.28. The number of hydrogen-bond acceptors (Lipinski definition) is 6. The summed E-state index contributed by atoms with van der Waals surface area (Å²) in [6.45, 7) is 3.79. The number of pyridine rings is 2. The first-order chi connectivity index (χ1) is 18.2. The third-order valence-corrected chi connectivity index (χ3v) is 9.92. The monoisotopic (exact) mass is 542 g/mol. The summed E-state index contributed by atoms with van der Waals surface area (Å²) < 4.78 is 55.9. The average Bonchev–Trinajstić information content (AvgIpc) is 3.55. The first kappa shape index (κ1) is 24.1. The molecule has 8 nitrogen and oxygen atoms in total. The highest BCUT2D eigenvalue weighted by molar-refractivity contribution is 7.90. The zero-order chi connectivity index (χ0) is 26.7. The van der Waals surface area contributed by atoms with Crippen LogP contribution in [0.2, 0.25) is 0 Å². The van der Waals surface area contributed by atoms with Crippen molar-refractivity contribution in [3.8, 4) is 11.1 Å². The maximum Gasteiger partial charge on any atom is 0.269 e. The Morgan fingerprint density at radius 2 is 0.895 bits per heavy atom. The van der Waals surface area contributed by atoms with Gasteiger partial charge in [0.2, 0.25) is 0 Å². The Morgan fingerprint density at radius 3 is 1.26 bits per heavy atom. The Kier molecular flexibility index (Phi) is 5.48. The van der Waals surface area contributed by atoms with E-state index in [0.29, 0.717) is 21.9 Å². The van der Waals surface area contributed by atoms with Gasteiger partial charge in [0, 0.05) is 35.6 Å². The molecule has 0 aliphatic heterocycles. The molecule has 0 saturated carbocycles. The van der Waals surface area contributed by atoms with Crippen LogP contribution in [0.1, 0.15) is 11.1 Å². The highest BCUT2D eigenvalue weighted by atomic mass is 32.2. The van der Waals surface area contributed by atoms with Gasteiger partial charge in [-0.3, -0.25) is 0 Å². The molecule has 0 radical (unpaired) electrons. The Bertz CT molecular complexity index is 1910. The van der Waals surface area contributed by atoms with Crippen molar-refractivity contribution in [2.75, 3.05) is 0 Å². The summed E-state index contributed by atoms with van der Waals surface area (Å²) in [5, 5.41) is 1.23. The summed E-state index contributed by atoms with van der Waals surface area (Å²) in [6.07, 6.45) is 6.07. The topological polar surface area (TPSA) is 104 Å². The number of aryl methyl sites for hydroxylation is 2. The van der Waals surface area contributed by atoms with Crippen LogP contribution in [-0.4, -0.2) is 34.7 Å². The van der Waals surface area contributed by atoms with Gasteiger partial charge in [0.1, 0.15) is 0 Å². The summed E-state index contributed by atoms with van der Waals surface area (Å²) in [5.41, 5.74) is 3.90. The maximum atomic E-state index is 13.4. The van der Waals surface area contributed by atoms with E-state index in [0.717, 1.165) is 11.1 Å². The van der Waals surface area contributed by atoms with Crippen LogP contribution in [0.5, 0.6) is 0 Å². The molecule has 0 unspecified atom stereocenters. The second-order valence-electron chi connectivity index (χ2n) is 9.05. The van der Waals surface area contributed by atoms with E-state index in [-0.39, 0.29) is 21.1 Å². The lowest BCUT2D eigenvalue weighted by Crippen LogP contribution is -2.12. The van der Waals surface area contributed by atoms with Crippen LogP contribution in [0.15, 0.2) is 107 Å². The normalized spacial score (nSPS) is 12.4. The molecule has 0 atom stereocenters. The van der Waals surface area contributed by atoms with Crippen molar-refractivity contribution in [2.24, 2.45) is 0 Å². The van der Waals surface area contributed by atoms with E-state index in [2.05, 4.69) is 9.97 Å². The van der Waals surface area contributed by atoms with Crippen molar-refractivity contribution in [3.63, 3.8) is 0 Å². The number of benzene rings is 2. The molecular weight excluding hydrogens is 520 g/mol. The number of fused-ring (bicyclic) bond motifs is 2. The first-order valence-electron chi connectivity index (χ1n) is 11.7. The number of hydrogen-bond donors (Lipinski definition) is 0. The second-order valence-corrected chi connectivity index (χ2v) is 12.7. The van der Waals surface area contributed by atoms with Crippen molar-refractivity contribution in [3.05, 3.63) is 109 Å². The van der Waals surface area contributed by atoms with Crippen molar-refractivity contribution in [1.29, 1.82) is 0 Å². The number of rotatable bonds is 5. The molecule has 6 aromatic rings. The fourth-order valence-electron chi connectivity index (χ4n) is 4.54. The van der Waals surface area contributed by atoms with E-state index in [4.69, 9.17) is 0 Å². The minimum Gasteiger partial charge on any atom is -0.237 e. The molecule has 0 amide bonds. The lowest BCUT2D eigenvalue weighted by molar-refractivity contribution is 0.587. The molecule has 0 aliphatic carbocycles. The molecule has 0 spiro atoms. The summed E-state index contributed by atoms with van der Waals surface area (Å²) >= 11 is 0. The van der Waals surface area contributed by atoms with Crippen molar-refractivity contribution in [2.45, 2.75) is 23.6 Å². The summed E-state index contributed by atoms with van der Waals surface area (Å²) in [4.78, 5) is 9.08. The Morgan fingerprint density at radius 1 is 0.526 bits per heavy atom. The van der Waals surface area contributed by atoms with Gasteiger partial charge in [-0.1, -0.05) is 35.4 Å². The zero-order valence-electron chi connectivity index (χ0n) is 20.5. The molecule has 190 valence electrons. The molecule has 2 aromatic carbocycles. The van der Waals surface area contributed by atoms with Crippen LogP contribution in [0.4, 0.5) is 0 Å². The minimum absolute atomic E-state index is 0.164. The molecule has 0 aliphatic rings. The summed E-state index contributed by atoms with van der Waals surface area (Å²) in [6, 6.07) is 20.3. The van der Waals surface area contributed by atoms with Gasteiger partial charge >= 0.3 is 0 Å². The number of nitrogens with zero attached hydrogens (tertiary/aromatic N) is 4. The summed E-state index contributed by atoms with van der Waals surface area (Å²) in [5.74, 6) is 0. The van der Waals surface area contributed by atoms with Crippen molar-refractivity contribution >= 4 is 42.1 Å². The van der Waals surface area contributed by atoms with E-state index in [1.807, 2.05) is 13.8 Å². The second kappa shape index (κ2) is 8.64. The molecular formula is C28H22N4O4S2. The third-order valence-electron chi connectivity index (χ3n) is 6.55. The Labute approximate surface area is 219 Å². The lowest BCUT2D eigenvalue weighted by Gasteiger charge is -2.10. The Balaban J connectivity index is 1.51. The maximum absolute atomic E-state index is 13.4. The van der Waals surface area contributed by atoms with Gasteiger partial charge in [-0.15, -0.1) is 0 Å². The van der Waals surface area contributed by atoms with Gasteiger partial charge in [0.25, 0.3) is 20.0 Å². The smallest absolute Gasteiger partial charge is 0.237 e. The largest absolute Gasteiger partial charge is 0.269 e. The van der Waals surface area contributed by atoms with Crippen molar-refractivity contribution in [1.82, 2.24) is 17.9 Å². The summed E-state index contributed by atoms with van der Waals surface area (Å²) in [7, 11) is -7.74. The van der Waals surface area contributed by atoms with Crippen LogP contribution in [-0.2, 0) is 20.0 Å². The van der Waals surface area contributed by atoms with Crippen molar-refractivity contribution < 1.29 is 16.8 Å². The highest BCUT2D eigenvalue weighted by Gasteiger charge is 2.23. The quantitative estimate of drug-likeness (QED) is 0.299. The lowest BCUT2D eigenvalue weighted by atomic mass is 10.0. The van der Waals surface area contributed by atoms with Gasteiger partial charge in [-0.2, -0.15) is 0 Å². The molecule has 6 rings (SSSR count). The molecule has 0 bridgehead atoms. The van der Waals surface area contributed by atoms with Gasteiger partial charge < -0.3 is 0 Å². The SMILES string of the molecule is Cc1ccc(S(=O)(=O)n2ccc3c(-c4ccnc5c4ccn5S(=O)(=O)c4ccc(C)cc4)ccnc32)cc1. The fourth-order valence-corrected chi connectivity index (χ4v) is 7.14. The molecule has 0 N–H and O–H groups in total. The standard InChI is InChI=1S/C28H22N4O4S2/c1-19-3-7-21(8-4-19)37(33,34)31-17-13-25-23(11-15-29-27(25)31)24-12-16-30-28-26(24)14-18-32(28)38(35,36)22-9-5-20(2)6-10-22/h3-18H,1-2H3. The van der Waals surface area contributed by atoms with E-state index >= 15 is 0 Å². The van der Waals surface area contributed by atoms with Gasteiger partial charge in [-0.25, -0.2) is 34.7 Å². The minimum atomic E-state index is -3.87. The molecule has 38 heavy (non-hydrogen) atoms. The van der Waals surface area contributed by atoms with Gasteiger partial charge in [0.05, 0.1) is 9.79 Å². The van der Waals surface area contributed by atoms with Gasteiger partial charge in [-0.05, 0) is 73.5 Å². The predicted molar refractivity (Wildman–Crippen MR) is 146 cm³/mol. The van der Waals surface area contributed by atoms with Crippen LogP contribution in [0.25, 0.3) is 33.2 Å².